The second kappa shape index (κ2) is 11.7. The van der Waals surface area contributed by atoms with E-state index in [4.69, 9.17) is 16.3 Å². The first-order chi connectivity index (χ1) is 19.0. The molecule has 2 aromatic carbocycles. The van der Waals surface area contributed by atoms with Crippen LogP contribution >= 0.6 is 27.5 Å². The van der Waals surface area contributed by atoms with Gasteiger partial charge >= 0.3 is 5.25 Å². The molecule has 2 N–H and O–H groups in total. The molecule has 0 bridgehead atoms. The van der Waals surface area contributed by atoms with E-state index < -0.39 is 38.3 Å². The Kier molecular flexibility index (Phi) is 8.51. The van der Waals surface area contributed by atoms with E-state index in [-0.39, 0.29) is 38.1 Å². The molecule has 0 saturated carbocycles. The van der Waals surface area contributed by atoms with Crippen LogP contribution in [0.25, 0.3) is 5.82 Å². The summed E-state index contributed by atoms with van der Waals surface area (Å²) in [6.45, 7) is -1.52. The van der Waals surface area contributed by atoms with Gasteiger partial charge in [-0.1, -0.05) is 35.9 Å². The Labute approximate surface area is 240 Å². The van der Waals surface area contributed by atoms with Gasteiger partial charge in [-0.25, -0.2) is 18.1 Å². The molecule has 0 aliphatic carbocycles. The highest BCUT2D eigenvalue weighted by Crippen LogP contribution is 2.31. The summed E-state index contributed by atoms with van der Waals surface area (Å²) in [5.74, 6) is -1.67. The van der Waals surface area contributed by atoms with Crippen LogP contribution in [0, 0.1) is 0 Å². The largest absolute Gasteiger partial charge is 0.495 e. The van der Waals surface area contributed by atoms with Crippen molar-refractivity contribution in [2.24, 2.45) is 0 Å². The number of benzene rings is 2. The number of nitrogens with one attached hydrogen (secondary N) is 2. The maximum absolute atomic E-state index is 14.8. The van der Waals surface area contributed by atoms with Crippen LogP contribution in [0.4, 0.5) is 14.5 Å². The zero-order valence-corrected chi connectivity index (χ0v) is 23.6. The summed E-state index contributed by atoms with van der Waals surface area (Å²) in [6.07, 6.45) is 1.45. The van der Waals surface area contributed by atoms with Crippen LogP contribution in [-0.4, -0.2) is 53.9 Å². The second-order valence-corrected chi connectivity index (χ2v) is 11.3. The summed E-state index contributed by atoms with van der Waals surface area (Å²) < 4.78 is 61.1. The number of aromatic nitrogens is 3. The molecule has 0 unspecified atom stereocenters. The highest BCUT2D eigenvalue weighted by Gasteiger charge is 2.46. The maximum Gasteiger partial charge on any atom is 0.366 e. The number of para-hydroxylation sites is 1. The van der Waals surface area contributed by atoms with Crippen molar-refractivity contribution in [2.75, 3.05) is 19.0 Å². The molecule has 0 spiro atoms. The topological polar surface area (TPSA) is 132 Å². The Morgan fingerprint density at radius 3 is 2.48 bits per heavy atom. The SMILES string of the molecule is COc1cccc(C(=O)NCC(F)(F)S(=O)(=O)c2ccccc2)c1NC(=O)c1cc(Br)nn1-c1ncccc1Cl. The van der Waals surface area contributed by atoms with Gasteiger partial charge in [0.05, 0.1) is 34.8 Å². The van der Waals surface area contributed by atoms with E-state index >= 15 is 0 Å². The van der Waals surface area contributed by atoms with E-state index in [2.05, 4.69) is 31.3 Å². The van der Waals surface area contributed by atoms with E-state index in [9.17, 15) is 26.8 Å². The number of methoxy groups -OCH3 is 1. The lowest BCUT2D eigenvalue weighted by Gasteiger charge is -2.19. The molecule has 2 aromatic heterocycles. The van der Waals surface area contributed by atoms with Crippen LogP contribution in [0.1, 0.15) is 20.8 Å². The second-order valence-electron chi connectivity index (χ2n) is 8.05. The van der Waals surface area contributed by atoms with Gasteiger partial charge in [-0.2, -0.15) is 13.9 Å². The third kappa shape index (κ3) is 5.83. The van der Waals surface area contributed by atoms with Crippen molar-refractivity contribution in [1.82, 2.24) is 20.1 Å². The molecule has 2 amide bonds. The molecule has 4 aromatic rings. The van der Waals surface area contributed by atoms with E-state index in [1.165, 1.54) is 60.5 Å². The maximum atomic E-state index is 14.8. The summed E-state index contributed by atoms with van der Waals surface area (Å²) in [7, 11) is -3.82. The van der Waals surface area contributed by atoms with Gasteiger partial charge in [0.25, 0.3) is 11.8 Å². The highest BCUT2D eigenvalue weighted by molar-refractivity contribution is 9.10. The summed E-state index contributed by atoms with van der Waals surface area (Å²) in [5.41, 5.74) is -0.454. The number of halogens is 4. The molecule has 208 valence electrons. The van der Waals surface area contributed by atoms with E-state index in [0.29, 0.717) is 0 Å². The normalized spacial score (nSPS) is 11.6. The first kappa shape index (κ1) is 29.1. The monoisotopic (exact) mass is 653 g/mol. The third-order valence-electron chi connectivity index (χ3n) is 5.48. The summed E-state index contributed by atoms with van der Waals surface area (Å²) in [4.78, 5) is 29.9. The predicted octanol–water partition coefficient (Wildman–Crippen LogP) is 4.74. The standard InChI is InChI=1S/C25H19BrClF2N5O5S/c1-39-19-11-5-9-16(23(35)31-14-25(28,29)40(37,38)15-7-3-2-4-8-15)21(19)32-24(36)18-13-20(26)33-34(18)22-17(27)10-6-12-30-22/h2-13H,14H2,1H3,(H,31,35)(H,32,36). The van der Waals surface area contributed by atoms with E-state index in [1.807, 2.05) is 5.32 Å². The van der Waals surface area contributed by atoms with Crippen molar-refractivity contribution in [1.29, 1.82) is 0 Å². The minimum atomic E-state index is -5.10. The van der Waals surface area contributed by atoms with Crippen LogP contribution in [-0.2, 0) is 9.84 Å². The van der Waals surface area contributed by atoms with Crippen molar-refractivity contribution in [2.45, 2.75) is 10.2 Å². The molecule has 10 nitrogen and oxygen atoms in total. The number of anilines is 1. The molecule has 2 heterocycles. The van der Waals surface area contributed by atoms with Gasteiger partial charge in [0.2, 0.25) is 9.84 Å². The van der Waals surface area contributed by atoms with Gasteiger partial charge in [-0.3, -0.25) is 9.59 Å². The number of carbonyl (C=O) groups excluding carboxylic acids is 2. The Balaban J connectivity index is 1.61. The summed E-state index contributed by atoms with van der Waals surface area (Å²) >= 11 is 9.42. The smallest absolute Gasteiger partial charge is 0.366 e. The number of amides is 2. The molecular formula is C25H19BrClF2N5O5S. The third-order valence-corrected chi connectivity index (χ3v) is 7.99. The zero-order valence-electron chi connectivity index (χ0n) is 20.4. The van der Waals surface area contributed by atoms with Crippen molar-refractivity contribution < 1.29 is 31.5 Å². The molecule has 0 fully saturated rings. The number of alkyl halides is 2. The molecular weight excluding hydrogens is 636 g/mol. The zero-order chi connectivity index (χ0) is 29.1. The fourth-order valence-electron chi connectivity index (χ4n) is 3.55. The predicted molar refractivity (Wildman–Crippen MR) is 146 cm³/mol. The molecule has 0 radical (unpaired) electrons. The quantitative estimate of drug-likeness (QED) is 0.267. The van der Waals surface area contributed by atoms with E-state index in [0.717, 1.165) is 12.1 Å². The number of nitrogens with zero attached hydrogens (tertiary/aromatic N) is 3. The summed E-state index contributed by atoms with van der Waals surface area (Å²) in [6, 6.07) is 14.8. The minimum Gasteiger partial charge on any atom is -0.495 e. The number of ether oxygens (including phenoxy) is 1. The fraction of sp³-hybridized carbons (Fsp3) is 0.120. The highest BCUT2D eigenvalue weighted by atomic mass is 79.9. The number of carbonyl (C=O) groups is 2. The van der Waals surface area contributed by atoms with Gasteiger partial charge in [0, 0.05) is 12.3 Å². The Bertz CT molecular complexity index is 1690. The van der Waals surface area contributed by atoms with Gasteiger partial charge in [-0.05, 0) is 52.3 Å². The fourth-order valence-corrected chi connectivity index (χ4v) is 5.25. The number of pyridine rings is 1. The van der Waals surface area contributed by atoms with Crippen molar-refractivity contribution in [3.8, 4) is 11.6 Å². The van der Waals surface area contributed by atoms with Gasteiger partial charge in [0.15, 0.2) is 5.82 Å². The van der Waals surface area contributed by atoms with E-state index in [1.54, 1.807) is 12.1 Å². The van der Waals surface area contributed by atoms with Crippen molar-refractivity contribution in [3.63, 3.8) is 0 Å². The first-order valence-corrected chi connectivity index (χ1v) is 13.9. The molecule has 0 aliphatic heterocycles. The van der Waals surface area contributed by atoms with Gasteiger partial charge in [0.1, 0.15) is 16.0 Å². The van der Waals surface area contributed by atoms with Crippen molar-refractivity contribution >= 4 is 54.9 Å². The summed E-state index contributed by atoms with van der Waals surface area (Å²) in [5, 5.41) is 4.54. The number of rotatable bonds is 9. The lowest BCUT2D eigenvalue weighted by Crippen LogP contribution is -2.42. The van der Waals surface area contributed by atoms with Crippen molar-refractivity contribution in [3.05, 3.63) is 93.8 Å². The van der Waals surface area contributed by atoms with Gasteiger partial charge in [-0.15, -0.1) is 0 Å². The van der Waals surface area contributed by atoms with Crippen LogP contribution in [0.2, 0.25) is 5.02 Å². The number of hydrogen-bond acceptors (Lipinski definition) is 7. The molecule has 15 heteroatoms. The van der Waals surface area contributed by atoms with Crippen LogP contribution in [0.5, 0.6) is 5.75 Å². The van der Waals surface area contributed by atoms with Gasteiger partial charge < -0.3 is 15.4 Å². The van der Waals surface area contributed by atoms with Crippen LogP contribution in [0.15, 0.2) is 82.4 Å². The molecule has 4 rings (SSSR count). The minimum absolute atomic E-state index is 0.0330. The molecule has 0 aliphatic rings. The number of sulfone groups is 1. The molecule has 40 heavy (non-hydrogen) atoms. The molecule has 0 atom stereocenters. The number of hydrogen-bond donors (Lipinski definition) is 2. The Hall–Kier alpha value is -3.88. The van der Waals surface area contributed by atoms with Crippen LogP contribution in [0.3, 0.4) is 0 Å². The average Bonchev–Trinajstić information content (AvgIpc) is 3.33. The molecule has 0 saturated heterocycles. The Morgan fingerprint density at radius 1 is 1.07 bits per heavy atom. The lowest BCUT2D eigenvalue weighted by molar-refractivity contribution is 0.0757. The Morgan fingerprint density at radius 2 is 1.80 bits per heavy atom. The lowest BCUT2D eigenvalue weighted by atomic mass is 10.1. The van der Waals surface area contributed by atoms with Crippen LogP contribution < -0.4 is 15.4 Å². The first-order valence-electron chi connectivity index (χ1n) is 11.3. The average molecular weight is 655 g/mol.